The van der Waals surface area contributed by atoms with Gasteiger partial charge in [0.25, 0.3) is 0 Å². The summed E-state index contributed by atoms with van der Waals surface area (Å²) in [5, 5.41) is 8.66. The molecule has 0 N–H and O–H groups in total. The van der Waals surface area contributed by atoms with Crippen molar-refractivity contribution in [3.63, 3.8) is 0 Å². The Morgan fingerprint density at radius 3 is 2.69 bits per heavy atom. The van der Waals surface area contributed by atoms with Crippen molar-refractivity contribution in [2.45, 2.75) is 38.1 Å². The van der Waals surface area contributed by atoms with Crippen LogP contribution in [0.25, 0.3) is 0 Å². The molecule has 0 bridgehead atoms. The Hall–Kier alpha value is -1.24. The predicted octanol–water partition coefficient (Wildman–Crippen LogP) is 1.83. The zero-order valence-electron chi connectivity index (χ0n) is 9.85. The van der Waals surface area contributed by atoms with Gasteiger partial charge in [-0.2, -0.15) is 5.26 Å². The van der Waals surface area contributed by atoms with Gasteiger partial charge in [-0.25, -0.2) is 4.79 Å². The second kappa shape index (κ2) is 4.73. The fraction of sp³-hybridized carbons (Fsp3) is 0.833. The number of nitrogens with zero attached hydrogens (tertiary/aromatic N) is 3. The number of rotatable bonds is 2. The van der Waals surface area contributed by atoms with Crippen LogP contribution in [-0.2, 0) is 0 Å². The lowest BCUT2D eigenvalue weighted by Gasteiger charge is -2.30. The van der Waals surface area contributed by atoms with Gasteiger partial charge in [-0.05, 0) is 18.8 Å². The molecule has 1 unspecified atom stereocenters. The molecule has 88 valence electrons. The Morgan fingerprint density at radius 1 is 1.38 bits per heavy atom. The first-order chi connectivity index (χ1) is 7.74. The molecular formula is C12H19N3O. The summed E-state index contributed by atoms with van der Waals surface area (Å²) in [7, 11) is 1.87. The molecule has 2 aliphatic rings. The number of hydrogen-bond acceptors (Lipinski definition) is 2. The van der Waals surface area contributed by atoms with E-state index in [9.17, 15) is 4.79 Å². The topological polar surface area (TPSA) is 47.3 Å². The van der Waals surface area contributed by atoms with Gasteiger partial charge >= 0.3 is 6.03 Å². The molecule has 2 amide bonds. The van der Waals surface area contributed by atoms with Gasteiger partial charge in [0, 0.05) is 13.6 Å². The third kappa shape index (κ3) is 1.99. The number of nitriles is 1. The molecule has 1 saturated heterocycles. The van der Waals surface area contributed by atoms with Crippen LogP contribution in [0, 0.1) is 17.2 Å². The molecular weight excluding hydrogens is 202 g/mol. The van der Waals surface area contributed by atoms with Crippen molar-refractivity contribution < 1.29 is 4.79 Å². The van der Waals surface area contributed by atoms with E-state index in [4.69, 9.17) is 5.26 Å². The Labute approximate surface area is 96.8 Å². The minimum absolute atomic E-state index is 0.0251. The van der Waals surface area contributed by atoms with Crippen LogP contribution in [0.5, 0.6) is 0 Å². The van der Waals surface area contributed by atoms with Crippen LogP contribution in [-0.4, -0.2) is 42.0 Å². The van der Waals surface area contributed by atoms with Crippen molar-refractivity contribution in [1.82, 2.24) is 9.80 Å². The molecule has 1 heterocycles. The molecule has 16 heavy (non-hydrogen) atoms. The lowest BCUT2D eigenvalue weighted by molar-refractivity contribution is 0.180. The highest BCUT2D eigenvalue weighted by Crippen LogP contribution is 2.31. The molecule has 0 aromatic carbocycles. The van der Waals surface area contributed by atoms with E-state index < -0.39 is 0 Å². The van der Waals surface area contributed by atoms with Crippen LogP contribution in [0.2, 0.25) is 0 Å². The number of carbonyl (C=O) groups is 1. The molecule has 2 fully saturated rings. The Kier molecular flexibility index (Phi) is 3.33. The van der Waals surface area contributed by atoms with Crippen LogP contribution in [0.4, 0.5) is 4.79 Å². The second-order valence-electron chi connectivity index (χ2n) is 4.90. The molecule has 1 saturated carbocycles. The average molecular weight is 221 g/mol. The van der Waals surface area contributed by atoms with Gasteiger partial charge in [-0.15, -0.1) is 0 Å². The Bertz CT molecular complexity index is 304. The SMILES string of the molecule is CN1C(=O)N(CC#N)CC1C1CCCCC1. The minimum atomic E-state index is 0.0251. The highest BCUT2D eigenvalue weighted by Gasteiger charge is 2.39. The summed E-state index contributed by atoms with van der Waals surface area (Å²) in [6.45, 7) is 0.972. The summed E-state index contributed by atoms with van der Waals surface area (Å²) in [5.41, 5.74) is 0. The maximum Gasteiger partial charge on any atom is 0.320 e. The third-order valence-electron chi connectivity index (χ3n) is 3.93. The average Bonchev–Trinajstić information content (AvgIpc) is 2.59. The van der Waals surface area contributed by atoms with E-state index in [0.717, 1.165) is 6.54 Å². The maximum absolute atomic E-state index is 11.8. The molecule has 0 spiro atoms. The van der Waals surface area contributed by atoms with Gasteiger partial charge in [0.2, 0.25) is 0 Å². The standard InChI is InChI=1S/C12H19N3O/c1-14-11(10-5-3-2-4-6-10)9-15(8-7-13)12(14)16/h10-11H,2-6,8-9H2,1H3. The lowest BCUT2D eigenvalue weighted by Crippen LogP contribution is -2.36. The number of likely N-dealkylation sites (N-methyl/N-ethyl adjacent to an activating group) is 1. The van der Waals surface area contributed by atoms with E-state index in [2.05, 4.69) is 6.07 Å². The van der Waals surface area contributed by atoms with E-state index in [1.807, 2.05) is 11.9 Å². The first-order valence-corrected chi connectivity index (χ1v) is 6.12. The molecule has 1 aliphatic heterocycles. The third-order valence-corrected chi connectivity index (χ3v) is 3.93. The summed E-state index contributed by atoms with van der Waals surface area (Å²) in [5.74, 6) is 0.645. The van der Waals surface area contributed by atoms with Gasteiger partial charge in [0.15, 0.2) is 0 Å². The van der Waals surface area contributed by atoms with Gasteiger partial charge < -0.3 is 9.80 Å². The summed E-state index contributed by atoms with van der Waals surface area (Å²) >= 11 is 0. The number of hydrogen-bond donors (Lipinski definition) is 0. The monoisotopic (exact) mass is 221 g/mol. The van der Waals surface area contributed by atoms with Crippen molar-refractivity contribution in [2.24, 2.45) is 5.92 Å². The van der Waals surface area contributed by atoms with E-state index in [1.54, 1.807) is 4.90 Å². The van der Waals surface area contributed by atoms with Gasteiger partial charge in [-0.3, -0.25) is 0 Å². The Morgan fingerprint density at radius 2 is 2.06 bits per heavy atom. The number of amides is 2. The van der Waals surface area contributed by atoms with Crippen LogP contribution >= 0.6 is 0 Å². The quantitative estimate of drug-likeness (QED) is 0.668. The van der Waals surface area contributed by atoms with Gasteiger partial charge in [-0.1, -0.05) is 19.3 Å². The maximum atomic E-state index is 11.8. The molecule has 0 aromatic heterocycles. The molecule has 4 heteroatoms. The molecule has 1 atom stereocenters. The van der Waals surface area contributed by atoms with Crippen LogP contribution in [0.1, 0.15) is 32.1 Å². The first kappa shape index (κ1) is 11.3. The molecule has 0 aromatic rings. The lowest BCUT2D eigenvalue weighted by atomic mass is 9.84. The summed E-state index contributed by atoms with van der Waals surface area (Å²) < 4.78 is 0. The van der Waals surface area contributed by atoms with E-state index in [0.29, 0.717) is 12.0 Å². The number of urea groups is 1. The highest BCUT2D eigenvalue weighted by atomic mass is 16.2. The van der Waals surface area contributed by atoms with Crippen molar-refractivity contribution in [3.05, 3.63) is 0 Å². The number of carbonyl (C=O) groups excluding carboxylic acids is 1. The largest absolute Gasteiger partial charge is 0.323 e. The van der Waals surface area contributed by atoms with E-state index >= 15 is 0 Å². The molecule has 1 aliphatic carbocycles. The van der Waals surface area contributed by atoms with Gasteiger partial charge in [0.1, 0.15) is 6.54 Å². The highest BCUT2D eigenvalue weighted by molar-refractivity contribution is 5.77. The smallest absolute Gasteiger partial charge is 0.320 e. The summed E-state index contributed by atoms with van der Waals surface area (Å²) in [6.07, 6.45) is 6.40. The van der Waals surface area contributed by atoms with E-state index in [-0.39, 0.29) is 12.6 Å². The zero-order chi connectivity index (χ0) is 11.5. The van der Waals surface area contributed by atoms with Crippen molar-refractivity contribution in [2.75, 3.05) is 20.1 Å². The zero-order valence-corrected chi connectivity index (χ0v) is 9.85. The molecule has 0 radical (unpaired) electrons. The van der Waals surface area contributed by atoms with Gasteiger partial charge in [0.05, 0.1) is 12.1 Å². The van der Waals surface area contributed by atoms with E-state index in [1.165, 1.54) is 32.1 Å². The van der Waals surface area contributed by atoms with Crippen molar-refractivity contribution >= 4 is 6.03 Å². The molecule has 4 nitrogen and oxygen atoms in total. The fourth-order valence-electron chi connectivity index (χ4n) is 2.99. The normalized spacial score (nSPS) is 27.2. The predicted molar refractivity (Wildman–Crippen MR) is 60.7 cm³/mol. The van der Waals surface area contributed by atoms with Crippen molar-refractivity contribution in [1.29, 1.82) is 5.26 Å². The fourth-order valence-corrected chi connectivity index (χ4v) is 2.99. The summed E-state index contributed by atoms with van der Waals surface area (Å²) in [6, 6.07) is 2.42. The van der Waals surface area contributed by atoms with Crippen LogP contribution in [0.3, 0.4) is 0 Å². The Balaban J connectivity index is 2.00. The molecule has 2 rings (SSSR count). The van der Waals surface area contributed by atoms with Crippen LogP contribution < -0.4 is 0 Å². The first-order valence-electron chi connectivity index (χ1n) is 6.12. The minimum Gasteiger partial charge on any atom is -0.323 e. The van der Waals surface area contributed by atoms with Crippen molar-refractivity contribution in [3.8, 4) is 6.07 Å². The summed E-state index contributed by atoms with van der Waals surface area (Å²) in [4.78, 5) is 15.4. The van der Waals surface area contributed by atoms with Crippen LogP contribution in [0.15, 0.2) is 0 Å². The second-order valence-corrected chi connectivity index (χ2v) is 4.90.